The molecule has 92 valence electrons. The maximum atomic E-state index is 10.4. The summed E-state index contributed by atoms with van der Waals surface area (Å²) in [6.07, 6.45) is 10.7. The zero-order valence-corrected chi connectivity index (χ0v) is 10.3. The Hall–Kier alpha value is -0.0800. The van der Waals surface area contributed by atoms with Gasteiger partial charge in [0.05, 0.1) is 6.10 Å². The number of hydrogen-bond donors (Lipinski definition) is 1. The van der Waals surface area contributed by atoms with Gasteiger partial charge in [-0.3, -0.25) is 0 Å². The lowest BCUT2D eigenvalue weighted by atomic mass is 9.67. The number of fused-ring (bicyclic) bond motifs is 2. The van der Waals surface area contributed by atoms with Gasteiger partial charge in [-0.05, 0) is 57.5 Å². The SMILES string of the molecule is O[C@H]1C2CCCC1C(N1CCCCC1)CC2. The first-order chi connectivity index (χ1) is 7.86. The van der Waals surface area contributed by atoms with Gasteiger partial charge in [0.2, 0.25) is 0 Å². The number of nitrogens with zero attached hydrogens (tertiary/aromatic N) is 1. The quantitative estimate of drug-likeness (QED) is 0.738. The molecule has 1 aliphatic heterocycles. The molecule has 3 unspecified atom stereocenters. The van der Waals surface area contributed by atoms with Gasteiger partial charge < -0.3 is 10.0 Å². The lowest BCUT2D eigenvalue weighted by molar-refractivity contribution is -0.0659. The number of rotatable bonds is 1. The topological polar surface area (TPSA) is 23.5 Å². The van der Waals surface area contributed by atoms with Crippen LogP contribution < -0.4 is 0 Å². The lowest BCUT2D eigenvalue weighted by Gasteiger charge is -2.49. The van der Waals surface area contributed by atoms with Crippen molar-refractivity contribution in [2.45, 2.75) is 63.5 Å². The molecule has 4 atom stereocenters. The Morgan fingerprint density at radius 2 is 1.62 bits per heavy atom. The Kier molecular flexibility index (Phi) is 3.21. The zero-order valence-electron chi connectivity index (χ0n) is 10.3. The molecule has 2 nitrogen and oxygen atoms in total. The van der Waals surface area contributed by atoms with Crippen LogP contribution in [0.3, 0.4) is 0 Å². The molecule has 2 bridgehead atoms. The van der Waals surface area contributed by atoms with Gasteiger partial charge in [0.15, 0.2) is 0 Å². The minimum atomic E-state index is 0.0226. The fourth-order valence-electron chi connectivity index (χ4n) is 4.34. The summed E-state index contributed by atoms with van der Waals surface area (Å²) in [6.45, 7) is 2.58. The molecule has 0 aromatic carbocycles. The first kappa shape index (κ1) is 11.0. The second-order valence-electron chi connectivity index (χ2n) is 6.09. The molecule has 0 spiro atoms. The molecule has 2 aliphatic carbocycles. The molecular weight excluding hydrogens is 198 g/mol. The van der Waals surface area contributed by atoms with Crippen LogP contribution in [0, 0.1) is 11.8 Å². The average Bonchev–Trinajstić information content (AvgIpc) is 2.30. The van der Waals surface area contributed by atoms with Crippen LogP contribution in [0.25, 0.3) is 0 Å². The first-order valence-corrected chi connectivity index (χ1v) is 7.28. The fourth-order valence-corrected chi connectivity index (χ4v) is 4.34. The van der Waals surface area contributed by atoms with E-state index in [9.17, 15) is 5.11 Å². The van der Waals surface area contributed by atoms with E-state index in [0.29, 0.717) is 17.9 Å². The van der Waals surface area contributed by atoms with E-state index in [1.165, 1.54) is 64.5 Å². The number of aliphatic hydroxyl groups excluding tert-OH is 1. The Labute approximate surface area is 99.0 Å². The number of likely N-dealkylation sites (tertiary alicyclic amines) is 1. The minimum absolute atomic E-state index is 0.0226. The van der Waals surface area contributed by atoms with E-state index in [2.05, 4.69) is 4.90 Å². The van der Waals surface area contributed by atoms with Crippen LogP contribution in [0.2, 0.25) is 0 Å². The third kappa shape index (κ3) is 1.91. The van der Waals surface area contributed by atoms with E-state index in [1.807, 2.05) is 0 Å². The standard InChI is InChI=1S/C14H25NO/c16-14-11-5-4-6-12(14)13(8-7-11)15-9-2-1-3-10-15/h11-14,16H,1-10H2/t11?,12?,13?,14-/m0/s1. The molecule has 1 saturated heterocycles. The molecule has 2 saturated carbocycles. The molecule has 1 heterocycles. The predicted molar refractivity (Wildman–Crippen MR) is 65.3 cm³/mol. The third-order valence-electron chi connectivity index (χ3n) is 5.22. The van der Waals surface area contributed by atoms with Gasteiger partial charge in [-0.25, -0.2) is 0 Å². The second kappa shape index (κ2) is 4.66. The van der Waals surface area contributed by atoms with Gasteiger partial charge in [0.25, 0.3) is 0 Å². The van der Waals surface area contributed by atoms with Gasteiger partial charge >= 0.3 is 0 Å². The van der Waals surface area contributed by atoms with Crippen molar-refractivity contribution in [1.29, 1.82) is 0 Å². The summed E-state index contributed by atoms with van der Waals surface area (Å²) < 4.78 is 0. The summed E-state index contributed by atoms with van der Waals surface area (Å²) >= 11 is 0. The van der Waals surface area contributed by atoms with Crippen LogP contribution in [0.4, 0.5) is 0 Å². The van der Waals surface area contributed by atoms with Crippen molar-refractivity contribution in [2.24, 2.45) is 11.8 Å². The van der Waals surface area contributed by atoms with Crippen molar-refractivity contribution < 1.29 is 5.11 Å². The van der Waals surface area contributed by atoms with Gasteiger partial charge in [0.1, 0.15) is 0 Å². The highest BCUT2D eigenvalue weighted by molar-refractivity contribution is 4.95. The average molecular weight is 223 g/mol. The van der Waals surface area contributed by atoms with Crippen LogP contribution in [0.15, 0.2) is 0 Å². The smallest absolute Gasteiger partial charge is 0.0611 e. The predicted octanol–water partition coefficient (Wildman–Crippen LogP) is 2.41. The molecule has 0 radical (unpaired) electrons. The summed E-state index contributed by atoms with van der Waals surface area (Å²) in [5, 5.41) is 10.4. The number of hydrogen-bond acceptors (Lipinski definition) is 2. The van der Waals surface area contributed by atoms with Gasteiger partial charge in [-0.2, -0.15) is 0 Å². The van der Waals surface area contributed by atoms with Crippen LogP contribution in [-0.4, -0.2) is 35.2 Å². The van der Waals surface area contributed by atoms with E-state index in [4.69, 9.17) is 0 Å². The van der Waals surface area contributed by atoms with Crippen molar-refractivity contribution in [3.63, 3.8) is 0 Å². The molecule has 0 amide bonds. The highest BCUT2D eigenvalue weighted by Gasteiger charge is 2.42. The third-order valence-corrected chi connectivity index (χ3v) is 5.22. The van der Waals surface area contributed by atoms with E-state index < -0.39 is 0 Å². The zero-order chi connectivity index (χ0) is 11.0. The highest BCUT2D eigenvalue weighted by atomic mass is 16.3. The maximum absolute atomic E-state index is 10.4. The van der Waals surface area contributed by atoms with Crippen molar-refractivity contribution in [3.8, 4) is 0 Å². The van der Waals surface area contributed by atoms with E-state index in [0.717, 1.165) is 0 Å². The van der Waals surface area contributed by atoms with Gasteiger partial charge in [-0.15, -0.1) is 0 Å². The molecule has 3 aliphatic rings. The molecule has 3 fully saturated rings. The molecule has 3 rings (SSSR count). The van der Waals surface area contributed by atoms with Crippen molar-refractivity contribution in [2.75, 3.05) is 13.1 Å². The van der Waals surface area contributed by atoms with Crippen LogP contribution in [-0.2, 0) is 0 Å². The van der Waals surface area contributed by atoms with Crippen LogP contribution in [0.5, 0.6) is 0 Å². The van der Waals surface area contributed by atoms with Gasteiger partial charge in [0, 0.05) is 12.0 Å². The second-order valence-corrected chi connectivity index (χ2v) is 6.09. The monoisotopic (exact) mass is 223 g/mol. The largest absolute Gasteiger partial charge is 0.392 e. The highest BCUT2D eigenvalue weighted by Crippen LogP contribution is 2.42. The summed E-state index contributed by atoms with van der Waals surface area (Å²) in [5.41, 5.74) is 0. The maximum Gasteiger partial charge on any atom is 0.0611 e. The van der Waals surface area contributed by atoms with E-state index >= 15 is 0 Å². The van der Waals surface area contributed by atoms with Crippen LogP contribution in [0.1, 0.15) is 51.4 Å². The van der Waals surface area contributed by atoms with Crippen molar-refractivity contribution in [1.82, 2.24) is 4.90 Å². The minimum Gasteiger partial charge on any atom is -0.392 e. The summed E-state index contributed by atoms with van der Waals surface area (Å²) in [5.74, 6) is 1.24. The first-order valence-electron chi connectivity index (χ1n) is 7.28. The fraction of sp³-hybridized carbons (Fsp3) is 1.00. The lowest BCUT2D eigenvalue weighted by Crippen LogP contribution is -2.53. The summed E-state index contributed by atoms with van der Waals surface area (Å²) in [6, 6.07) is 0.715. The normalized spacial score (nSPS) is 45.6. The van der Waals surface area contributed by atoms with Crippen LogP contribution >= 0.6 is 0 Å². The molecule has 0 aromatic heterocycles. The van der Waals surface area contributed by atoms with E-state index in [1.54, 1.807) is 0 Å². The molecule has 16 heavy (non-hydrogen) atoms. The van der Waals surface area contributed by atoms with Crippen molar-refractivity contribution in [3.05, 3.63) is 0 Å². The molecule has 1 N–H and O–H groups in total. The number of aliphatic hydroxyl groups is 1. The summed E-state index contributed by atoms with van der Waals surface area (Å²) in [7, 11) is 0. The Bertz CT molecular complexity index is 237. The van der Waals surface area contributed by atoms with Gasteiger partial charge in [-0.1, -0.05) is 12.8 Å². The van der Waals surface area contributed by atoms with E-state index in [-0.39, 0.29) is 6.10 Å². The molecular formula is C14H25NO. The number of piperidine rings is 1. The Morgan fingerprint density at radius 1 is 0.812 bits per heavy atom. The molecule has 0 aromatic rings. The Morgan fingerprint density at radius 3 is 2.44 bits per heavy atom. The molecule has 2 heteroatoms. The Balaban J connectivity index is 1.69. The van der Waals surface area contributed by atoms with Crippen molar-refractivity contribution >= 4 is 0 Å². The summed E-state index contributed by atoms with van der Waals surface area (Å²) in [4.78, 5) is 2.69.